The fourth-order valence-corrected chi connectivity index (χ4v) is 3.04. The molecule has 0 aromatic heterocycles. The molecule has 1 aliphatic heterocycles. The van der Waals surface area contributed by atoms with Crippen molar-refractivity contribution >= 4 is 5.97 Å². The number of ether oxygens (including phenoxy) is 1. The Morgan fingerprint density at radius 3 is 2.30 bits per heavy atom. The Morgan fingerprint density at radius 1 is 1.00 bits per heavy atom. The van der Waals surface area contributed by atoms with Gasteiger partial charge in [0.1, 0.15) is 6.04 Å². The average molecular weight is 283 g/mol. The second-order valence-electron chi connectivity index (χ2n) is 5.92. The molecule has 118 valence electrons. The van der Waals surface area contributed by atoms with Crippen LogP contribution >= 0.6 is 0 Å². The van der Waals surface area contributed by atoms with Crippen molar-refractivity contribution in [1.82, 2.24) is 4.90 Å². The topological polar surface area (TPSA) is 29.5 Å². The van der Waals surface area contributed by atoms with E-state index in [1.54, 1.807) is 0 Å². The number of hydrogen-bond donors (Lipinski definition) is 0. The van der Waals surface area contributed by atoms with Crippen molar-refractivity contribution in [3.63, 3.8) is 0 Å². The molecular formula is C17H33NO2. The van der Waals surface area contributed by atoms with E-state index in [-0.39, 0.29) is 12.0 Å². The Bertz CT molecular complexity index is 249. The predicted molar refractivity (Wildman–Crippen MR) is 83.8 cm³/mol. The number of rotatable bonds is 10. The van der Waals surface area contributed by atoms with Crippen LogP contribution in [0.2, 0.25) is 0 Å². The van der Waals surface area contributed by atoms with Crippen LogP contribution in [0.3, 0.4) is 0 Å². The first-order valence-electron chi connectivity index (χ1n) is 8.70. The summed E-state index contributed by atoms with van der Waals surface area (Å²) in [7, 11) is 0. The number of carbonyl (C=O) groups excluding carboxylic acids is 1. The Kier molecular flexibility index (Phi) is 9.73. The minimum atomic E-state index is 0.00274. The van der Waals surface area contributed by atoms with Crippen molar-refractivity contribution in [3.05, 3.63) is 0 Å². The van der Waals surface area contributed by atoms with Crippen LogP contribution in [0.1, 0.15) is 78.1 Å². The smallest absolute Gasteiger partial charge is 0.323 e. The van der Waals surface area contributed by atoms with Gasteiger partial charge in [-0.2, -0.15) is 0 Å². The molecule has 3 heteroatoms. The van der Waals surface area contributed by atoms with Gasteiger partial charge in [-0.3, -0.25) is 9.69 Å². The molecule has 20 heavy (non-hydrogen) atoms. The van der Waals surface area contributed by atoms with E-state index in [0.717, 1.165) is 25.9 Å². The monoisotopic (exact) mass is 283 g/mol. The number of carbonyl (C=O) groups is 1. The quantitative estimate of drug-likeness (QED) is 0.445. The molecule has 1 saturated heterocycles. The number of piperidine rings is 1. The zero-order valence-electron chi connectivity index (χ0n) is 13.5. The van der Waals surface area contributed by atoms with Gasteiger partial charge in [-0.1, -0.05) is 51.9 Å². The summed E-state index contributed by atoms with van der Waals surface area (Å²) in [6.45, 7) is 6.78. The predicted octanol–water partition coefficient (Wildman–Crippen LogP) is 4.15. The molecule has 0 bridgehead atoms. The number of hydrogen-bond acceptors (Lipinski definition) is 3. The van der Waals surface area contributed by atoms with Crippen molar-refractivity contribution in [2.45, 2.75) is 84.1 Å². The van der Waals surface area contributed by atoms with E-state index >= 15 is 0 Å². The third kappa shape index (κ3) is 6.74. The molecule has 1 heterocycles. The van der Waals surface area contributed by atoms with E-state index in [1.807, 2.05) is 6.92 Å². The molecule has 0 aliphatic carbocycles. The summed E-state index contributed by atoms with van der Waals surface area (Å²) in [6, 6.07) is 0.0152. The highest BCUT2D eigenvalue weighted by Crippen LogP contribution is 2.18. The second kappa shape index (κ2) is 11.1. The average Bonchev–Trinajstić information content (AvgIpc) is 2.47. The Labute approximate surface area is 125 Å². The van der Waals surface area contributed by atoms with Gasteiger partial charge < -0.3 is 4.74 Å². The normalized spacial score (nSPS) is 17.9. The molecule has 0 amide bonds. The van der Waals surface area contributed by atoms with Crippen LogP contribution in [0.5, 0.6) is 0 Å². The van der Waals surface area contributed by atoms with Gasteiger partial charge in [-0.05, 0) is 39.3 Å². The first kappa shape index (κ1) is 17.5. The van der Waals surface area contributed by atoms with Crippen molar-refractivity contribution < 1.29 is 9.53 Å². The van der Waals surface area contributed by atoms with Gasteiger partial charge in [0.15, 0.2) is 0 Å². The second-order valence-corrected chi connectivity index (χ2v) is 5.92. The molecule has 0 radical (unpaired) electrons. The van der Waals surface area contributed by atoms with Crippen LogP contribution in [0.25, 0.3) is 0 Å². The number of esters is 1. The zero-order chi connectivity index (χ0) is 14.6. The van der Waals surface area contributed by atoms with E-state index in [0.29, 0.717) is 6.61 Å². The first-order valence-corrected chi connectivity index (χ1v) is 8.70. The minimum absolute atomic E-state index is 0.00274. The maximum atomic E-state index is 12.1. The summed E-state index contributed by atoms with van der Waals surface area (Å²) in [5.41, 5.74) is 0. The highest BCUT2D eigenvalue weighted by atomic mass is 16.5. The molecular weight excluding hydrogens is 250 g/mol. The van der Waals surface area contributed by atoms with Gasteiger partial charge in [-0.25, -0.2) is 0 Å². The largest absolute Gasteiger partial charge is 0.465 e. The Hall–Kier alpha value is -0.570. The van der Waals surface area contributed by atoms with Gasteiger partial charge in [0.25, 0.3) is 0 Å². The molecule has 1 aliphatic rings. The molecule has 0 spiro atoms. The summed E-state index contributed by atoms with van der Waals surface area (Å²) >= 11 is 0. The lowest BCUT2D eigenvalue weighted by Gasteiger charge is -2.33. The fraction of sp³-hybridized carbons (Fsp3) is 0.941. The van der Waals surface area contributed by atoms with Crippen molar-refractivity contribution in [2.75, 3.05) is 19.7 Å². The summed E-state index contributed by atoms with van der Waals surface area (Å²) in [5, 5.41) is 0. The van der Waals surface area contributed by atoms with E-state index < -0.39 is 0 Å². The van der Waals surface area contributed by atoms with Gasteiger partial charge in [0.05, 0.1) is 6.61 Å². The maximum Gasteiger partial charge on any atom is 0.323 e. The Balaban J connectivity index is 2.31. The number of nitrogens with zero attached hydrogens (tertiary/aromatic N) is 1. The molecule has 0 N–H and O–H groups in total. The van der Waals surface area contributed by atoms with Gasteiger partial charge in [-0.15, -0.1) is 0 Å². The van der Waals surface area contributed by atoms with Crippen LogP contribution < -0.4 is 0 Å². The van der Waals surface area contributed by atoms with Gasteiger partial charge in [0.2, 0.25) is 0 Å². The van der Waals surface area contributed by atoms with Crippen molar-refractivity contribution in [1.29, 1.82) is 0 Å². The summed E-state index contributed by atoms with van der Waals surface area (Å²) in [5.74, 6) is 0.00274. The van der Waals surface area contributed by atoms with E-state index in [4.69, 9.17) is 4.74 Å². The summed E-state index contributed by atoms with van der Waals surface area (Å²) in [4.78, 5) is 14.5. The minimum Gasteiger partial charge on any atom is -0.465 e. The number of likely N-dealkylation sites (tertiary alicyclic amines) is 1. The third-order valence-electron chi connectivity index (χ3n) is 4.22. The van der Waals surface area contributed by atoms with Crippen molar-refractivity contribution in [3.8, 4) is 0 Å². The lowest BCUT2D eigenvalue weighted by molar-refractivity contribution is -0.150. The van der Waals surface area contributed by atoms with Crippen molar-refractivity contribution in [2.24, 2.45) is 0 Å². The summed E-state index contributed by atoms with van der Waals surface area (Å²) in [6.07, 6.45) is 12.4. The van der Waals surface area contributed by atoms with Crippen LogP contribution in [0, 0.1) is 0 Å². The van der Waals surface area contributed by atoms with Gasteiger partial charge >= 0.3 is 5.97 Å². The molecule has 0 unspecified atom stereocenters. The molecule has 0 aromatic rings. The lowest BCUT2D eigenvalue weighted by atomic mass is 10.0. The molecule has 1 atom stereocenters. The fourth-order valence-electron chi connectivity index (χ4n) is 3.04. The highest BCUT2D eigenvalue weighted by Gasteiger charge is 2.27. The van der Waals surface area contributed by atoms with E-state index in [9.17, 15) is 4.79 Å². The van der Waals surface area contributed by atoms with Gasteiger partial charge in [0, 0.05) is 0 Å². The molecule has 1 rings (SSSR count). The van der Waals surface area contributed by atoms with Crippen LogP contribution in [-0.4, -0.2) is 36.6 Å². The van der Waals surface area contributed by atoms with Crippen LogP contribution in [0.15, 0.2) is 0 Å². The number of unbranched alkanes of at least 4 members (excludes halogenated alkanes) is 5. The third-order valence-corrected chi connectivity index (χ3v) is 4.22. The van der Waals surface area contributed by atoms with Crippen LogP contribution in [-0.2, 0) is 9.53 Å². The first-order chi connectivity index (χ1) is 9.79. The zero-order valence-corrected chi connectivity index (χ0v) is 13.5. The molecule has 1 fully saturated rings. The molecule has 3 nitrogen and oxygen atoms in total. The summed E-state index contributed by atoms with van der Waals surface area (Å²) < 4.78 is 5.27. The lowest BCUT2D eigenvalue weighted by Crippen LogP contribution is -2.44. The highest BCUT2D eigenvalue weighted by molar-refractivity contribution is 5.75. The van der Waals surface area contributed by atoms with E-state index in [1.165, 1.54) is 51.4 Å². The standard InChI is InChI=1S/C17H33NO2/c1-3-5-6-7-8-10-13-16(17(19)20-4-2)18-14-11-9-12-15-18/h16H,3-15H2,1-2H3/t16-/m1/s1. The Morgan fingerprint density at radius 2 is 1.65 bits per heavy atom. The molecule has 0 aromatic carbocycles. The maximum absolute atomic E-state index is 12.1. The molecule has 0 saturated carbocycles. The SMILES string of the molecule is CCCCCCCC[C@H](C(=O)OCC)N1CCCCC1. The van der Waals surface area contributed by atoms with Crippen LogP contribution in [0.4, 0.5) is 0 Å². The van der Waals surface area contributed by atoms with E-state index in [2.05, 4.69) is 11.8 Å².